The first kappa shape index (κ1) is 8.26. The lowest BCUT2D eigenvalue weighted by molar-refractivity contribution is 0.0524. The Morgan fingerprint density at radius 2 is 2.64 bits per heavy atom. The number of esters is 1. The molecular weight excluding hydrogens is 214 g/mol. The predicted octanol–water partition coefficient (Wildman–Crippen LogP) is 1.61. The molecule has 1 rings (SSSR count). The lowest BCUT2D eigenvalue weighted by Crippen LogP contribution is -2.03. The van der Waals surface area contributed by atoms with Gasteiger partial charge in [-0.25, -0.2) is 4.79 Å². The summed E-state index contributed by atoms with van der Waals surface area (Å²) in [4.78, 5) is 11.0. The van der Waals surface area contributed by atoms with Crippen molar-refractivity contribution in [3.8, 4) is 0 Å². The van der Waals surface area contributed by atoms with Gasteiger partial charge in [0.2, 0.25) is 0 Å². The molecule has 0 saturated carbocycles. The third-order valence-electron chi connectivity index (χ3n) is 1.02. The SMILES string of the molecule is CCOC(=O)c1conc1Br. The monoisotopic (exact) mass is 219 g/mol. The molecular formula is C6H6BrNO3. The van der Waals surface area contributed by atoms with E-state index in [1.165, 1.54) is 6.26 Å². The van der Waals surface area contributed by atoms with Crippen LogP contribution in [0.3, 0.4) is 0 Å². The Bertz CT molecular complexity index is 258. The van der Waals surface area contributed by atoms with Crippen molar-refractivity contribution in [3.05, 3.63) is 16.4 Å². The Balaban J connectivity index is 2.76. The van der Waals surface area contributed by atoms with Crippen molar-refractivity contribution in [1.29, 1.82) is 0 Å². The molecule has 0 spiro atoms. The second-order valence-corrected chi connectivity index (χ2v) is 2.49. The van der Waals surface area contributed by atoms with Crippen molar-refractivity contribution >= 4 is 21.9 Å². The first-order valence-corrected chi connectivity index (χ1v) is 3.82. The smallest absolute Gasteiger partial charge is 0.344 e. The number of carbonyl (C=O) groups excluding carboxylic acids is 1. The van der Waals surface area contributed by atoms with Gasteiger partial charge in [0.1, 0.15) is 11.8 Å². The van der Waals surface area contributed by atoms with Gasteiger partial charge in [-0.3, -0.25) is 0 Å². The zero-order valence-corrected chi connectivity index (χ0v) is 7.42. The summed E-state index contributed by atoms with van der Waals surface area (Å²) in [6.45, 7) is 2.08. The number of halogens is 1. The minimum atomic E-state index is -0.430. The zero-order valence-electron chi connectivity index (χ0n) is 5.83. The first-order valence-electron chi connectivity index (χ1n) is 3.02. The summed E-state index contributed by atoms with van der Waals surface area (Å²) in [7, 11) is 0. The van der Waals surface area contributed by atoms with E-state index in [9.17, 15) is 4.79 Å². The summed E-state index contributed by atoms with van der Waals surface area (Å²) in [5.41, 5.74) is 0.312. The van der Waals surface area contributed by atoms with E-state index in [0.717, 1.165) is 0 Å². The average molecular weight is 220 g/mol. The molecule has 1 aromatic heterocycles. The van der Waals surface area contributed by atoms with E-state index in [2.05, 4.69) is 25.6 Å². The van der Waals surface area contributed by atoms with E-state index in [1.54, 1.807) is 6.92 Å². The Kier molecular flexibility index (Phi) is 2.64. The van der Waals surface area contributed by atoms with E-state index in [1.807, 2.05) is 0 Å². The van der Waals surface area contributed by atoms with Gasteiger partial charge >= 0.3 is 5.97 Å². The van der Waals surface area contributed by atoms with Gasteiger partial charge < -0.3 is 9.26 Å². The summed E-state index contributed by atoms with van der Waals surface area (Å²) < 4.78 is 9.58. The Morgan fingerprint density at radius 3 is 3.09 bits per heavy atom. The number of nitrogens with zero attached hydrogens (tertiary/aromatic N) is 1. The van der Waals surface area contributed by atoms with Crippen LogP contribution in [0.1, 0.15) is 17.3 Å². The van der Waals surface area contributed by atoms with E-state index in [4.69, 9.17) is 4.74 Å². The summed E-state index contributed by atoms with van der Waals surface area (Å²) in [5, 5.41) is 3.46. The van der Waals surface area contributed by atoms with Crippen LogP contribution < -0.4 is 0 Å². The molecule has 4 nitrogen and oxygen atoms in total. The molecule has 0 amide bonds. The molecule has 5 heteroatoms. The van der Waals surface area contributed by atoms with Gasteiger partial charge in [0.25, 0.3) is 0 Å². The minimum Gasteiger partial charge on any atom is -0.462 e. The topological polar surface area (TPSA) is 52.3 Å². The van der Waals surface area contributed by atoms with Crippen LogP contribution in [0.25, 0.3) is 0 Å². The van der Waals surface area contributed by atoms with Crippen molar-refractivity contribution in [1.82, 2.24) is 5.16 Å². The van der Waals surface area contributed by atoms with Crippen molar-refractivity contribution in [2.45, 2.75) is 6.92 Å². The van der Waals surface area contributed by atoms with Crippen LogP contribution in [0.2, 0.25) is 0 Å². The van der Waals surface area contributed by atoms with Gasteiger partial charge in [0.15, 0.2) is 4.60 Å². The number of hydrogen-bond donors (Lipinski definition) is 0. The Hall–Kier alpha value is -0.840. The van der Waals surface area contributed by atoms with E-state index in [-0.39, 0.29) is 0 Å². The van der Waals surface area contributed by atoms with E-state index >= 15 is 0 Å². The Labute approximate surface area is 71.6 Å². The van der Waals surface area contributed by atoms with Crippen molar-refractivity contribution in [2.75, 3.05) is 6.61 Å². The quantitative estimate of drug-likeness (QED) is 0.710. The van der Waals surface area contributed by atoms with Crippen LogP contribution >= 0.6 is 15.9 Å². The maximum absolute atomic E-state index is 11.0. The molecule has 0 unspecified atom stereocenters. The summed E-state index contributed by atoms with van der Waals surface area (Å²) in [6.07, 6.45) is 1.24. The maximum atomic E-state index is 11.0. The molecule has 0 aliphatic rings. The molecule has 0 fully saturated rings. The van der Waals surface area contributed by atoms with Gasteiger partial charge in [-0.05, 0) is 22.9 Å². The normalized spacial score (nSPS) is 9.64. The lowest BCUT2D eigenvalue weighted by Gasteiger charge is -1.95. The Morgan fingerprint density at radius 1 is 1.91 bits per heavy atom. The van der Waals surface area contributed by atoms with Crippen LogP contribution in [-0.2, 0) is 4.74 Å². The second kappa shape index (κ2) is 3.52. The minimum absolute atomic E-state index is 0.312. The average Bonchev–Trinajstić information content (AvgIpc) is 2.36. The predicted molar refractivity (Wildman–Crippen MR) is 40.2 cm³/mol. The fourth-order valence-electron chi connectivity index (χ4n) is 0.564. The molecule has 11 heavy (non-hydrogen) atoms. The number of carbonyl (C=O) groups is 1. The third-order valence-corrected chi connectivity index (χ3v) is 1.59. The van der Waals surface area contributed by atoms with Crippen molar-refractivity contribution < 1.29 is 14.1 Å². The standard InChI is InChI=1S/C6H6BrNO3/c1-2-10-6(9)4-3-11-8-5(4)7/h3H,2H2,1H3. The highest BCUT2D eigenvalue weighted by Gasteiger charge is 2.13. The molecule has 0 atom stereocenters. The molecule has 0 saturated heterocycles. The first-order chi connectivity index (χ1) is 5.25. The van der Waals surface area contributed by atoms with Crippen molar-refractivity contribution in [2.24, 2.45) is 0 Å². The number of rotatable bonds is 2. The van der Waals surface area contributed by atoms with Crippen LogP contribution in [-0.4, -0.2) is 17.7 Å². The molecule has 60 valence electrons. The number of aromatic nitrogens is 1. The highest BCUT2D eigenvalue weighted by atomic mass is 79.9. The van der Waals surface area contributed by atoms with E-state index < -0.39 is 5.97 Å². The van der Waals surface area contributed by atoms with Crippen LogP contribution in [0.4, 0.5) is 0 Å². The summed E-state index contributed by atoms with van der Waals surface area (Å²) in [6, 6.07) is 0. The van der Waals surface area contributed by atoms with Gasteiger partial charge in [0, 0.05) is 0 Å². The van der Waals surface area contributed by atoms with Crippen LogP contribution in [0.5, 0.6) is 0 Å². The molecule has 0 bridgehead atoms. The van der Waals surface area contributed by atoms with Crippen molar-refractivity contribution in [3.63, 3.8) is 0 Å². The fourth-order valence-corrected chi connectivity index (χ4v) is 0.903. The molecule has 0 aromatic carbocycles. The molecule has 1 heterocycles. The highest BCUT2D eigenvalue weighted by molar-refractivity contribution is 9.10. The molecule has 1 aromatic rings. The van der Waals surface area contributed by atoms with Crippen LogP contribution in [0.15, 0.2) is 15.4 Å². The third kappa shape index (κ3) is 1.80. The van der Waals surface area contributed by atoms with Crippen LogP contribution in [0, 0.1) is 0 Å². The highest BCUT2D eigenvalue weighted by Crippen LogP contribution is 2.14. The largest absolute Gasteiger partial charge is 0.462 e. The number of hydrogen-bond acceptors (Lipinski definition) is 4. The molecule has 0 radical (unpaired) electrons. The maximum Gasteiger partial charge on any atom is 0.344 e. The summed E-state index contributed by atoms with van der Waals surface area (Å²) >= 11 is 3.03. The second-order valence-electron chi connectivity index (χ2n) is 1.74. The van der Waals surface area contributed by atoms with Gasteiger partial charge in [-0.15, -0.1) is 0 Å². The number of ether oxygens (including phenoxy) is 1. The van der Waals surface area contributed by atoms with Gasteiger partial charge in [-0.1, -0.05) is 5.16 Å². The van der Waals surface area contributed by atoms with Gasteiger partial charge in [0.05, 0.1) is 6.61 Å². The van der Waals surface area contributed by atoms with Gasteiger partial charge in [-0.2, -0.15) is 0 Å². The molecule has 0 aliphatic carbocycles. The zero-order chi connectivity index (χ0) is 8.27. The molecule has 0 aliphatic heterocycles. The van der Waals surface area contributed by atoms with E-state index in [0.29, 0.717) is 16.8 Å². The summed E-state index contributed by atoms with van der Waals surface area (Å²) in [5.74, 6) is -0.430. The lowest BCUT2D eigenvalue weighted by atomic mass is 10.4. The fraction of sp³-hybridized carbons (Fsp3) is 0.333. The molecule has 0 N–H and O–H groups in total.